The fraction of sp³-hybridized carbons (Fsp3) is 0.167. The standard InChI is InChI=1S/C12H13NO3/c1-3-5-11(9-13)10-16-12(14)6-8-15-7-4-2/h3-4,6,8,10H,1-2,5,7H2. The van der Waals surface area contributed by atoms with Gasteiger partial charge in [-0.05, 0) is 0 Å². The summed E-state index contributed by atoms with van der Waals surface area (Å²) in [6.07, 6.45) is 6.88. The molecule has 0 atom stereocenters. The number of allylic oxidation sites excluding steroid dienone is 2. The highest BCUT2D eigenvalue weighted by Crippen LogP contribution is 2.00. The van der Waals surface area contributed by atoms with E-state index in [4.69, 9.17) is 10.00 Å². The number of carbonyl (C=O) groups is 1. The molecule has 0 aliphatic carbocycles. The first-order valence-corrected chi connectivity index (χ1v) is 4.54. The molecule has 16 heavy (non-hydrogen) atoms. The van der Waals surface area contributed by atoms with E-state index in [0.29, 0.717) is 18.6 Å². The van der Waals surface area contributed by atoms with Crippen molar-refractivity contribution in [1.82, 2.24) is 0 Å². The molecule has 84 valence electrons. The lowest BCUT2D eigenvalue weighted by Gasteiger charge is -1.95. The van der Waals surface area contributed by atoms with Gasteiger partial charge in [0, 0.05) is 6.42 Å². The molecule has 4 nitrogen and oxygen atoms in total. The van der Waals surface area contributed by atoms with Crippen LogP contribution in [0.2, 0.25) is 0 Å². The number of nitrogens with zero attached hydrogens (tertiary/aromatic N) is 1. The monoisotopic (exact) mass is 219 g/mol. The van der Waals surface area contributed by atoms with Crippen molar-refractivity contribution in [2.24, 2.45) is 0 Å². The van der Waals surface area contributed by atoms with Crippen molar-refractivity contribution in [3.63, 3.8) is 0 Å². The Morgan fingerprint density at radius 3 is 2.69 bits per heavy atom. The lowest BCUT2D eigenvalue weighted by Crippen LogP contribution is -1.95. The van der Waals surface area contributed by atoms with Gasteiger partial charge >= 0.3 is 5.97 Å². The van der Waals surface area contributed by atoms with Crippen LogP contribution in [-0.2, 0) is 14.3 Å². The predicted octanol–water partition coefficient (Wildman–Crippen LogP) is 2.23. The molecule has 0 aromatic carbocycles. The third kappa shape index (κ3) is 7.15. The lowest BCUT2D eigenvalue weighted by molar-refractivity contribution is -0.132. The quantitative estimate of drug-likeness (QED) is 0.164. The first-order chi connectivity index (χ1) is 7.74. The number of ether oxygens (including phenoxy) is 2. The number of rotatable bonds is 7. The molecule has 0 aromatic heterocycles. The average Bonchev–Trinajstić information content (AvgIpc) is 2.30. The van der Waals surface area contributed by atoms with Gasteiger partial charge < -0.3 is 9.47 Å². The summed E-state index contributed by atoms with van der Waals surface area (Å²) >= 11 is 0. The number of carbonyl (C=O) groups excluding carboxylic acids is 1. The van der Waals surface area contributed by atoms with Crippen LogP contribution in [0.3, 0.4) is 0 Å². The highest BCUT2D eigenvalue weighted by atomic mass is 16.5. The first kappa shape index (κ1) is 13.7. The molecule has 0 radical (unpaired) electrons. The Bertz CT molecular complexity index is 348. The van der Waals surface area contributed by atoms with Crippen molar-refractivity contribution in [3.8, 4) is 6.07 Å². The second-order valence-corrected chi connectivity index (χ2v) is 2.61. The van der Waals surface area contributed by atoms with E-state index in [0.717, 1.165) is 12.3 Å². The normalized spacial score (nSPS) is 10.6. The van der Waals surface area contributed by atoms with E-state index in [1.807, 2.05) is 6.07 Å². The molecule has 0 unspecified atom stereocenters. The number of hydrogen-bond acceptors (Lipinski definition) is 4. The van der Waals surface area contributed by atoms with Crippen LogP contribution in [0.1, 0.15) is 6.42 Å². The summed E-state index contributed by atoms with van der Waals surface area (Å²) in [4.78, 5) is 11.0. The van der Waals surface area contributed by atoms with Crippen LogP contribution in [-0.4, -0.2) is 12.6 Å². The molecule has 0 fully saturated rings. The fourth-order valence-electron chi connectivity index (χ4n) is 0.671. The summed E-state index contributed by atoms with van der Waals surface area (Å²) in [5.74, 6) is -0.610. The summed E-state index contributed by atoms with van der Waals surface area (Å²) in [5.41, 5.74) is 0.323. The molecule has 0 aromatic rings. The molecule has 0 rings (SSSR count). The van der Waals surface area contributed by atoms with Crippen LogP contribution in [0.25, 0.3) is 0 Å². The number of nitriles is 1. The second kappa shape index (κ2) is 9.28. The topological polar surface area (TPSA) is 59.3 Å². The smallest absolute Gasteiger partial charge is 0.338 e. The van der Waals surface area contributed by atoms with Gasteiger partial charge in [-0.25, -0.2) is 4.79 Å². The number of hydrogen-bond donors (Lipinski definition) is 0. The fourth-order valence-corrected chi connectivity index (χ4v) is 0.671. The van der Waals surface area contributed by atoms with Crippen LogP contribution in [0, 0.1) is 11.3 Å². The highest BCUT2D eigenvalue weighted by Gasteiger charge is 1.96. The molecular weight excluding hydrogens is 206 g/mol. The van der Waals surface area contributed by atoms with Gasteiger partial charge in [-0.15, -0.1) is 6.58 Å². The summed E-state index contributed by atoms with van der Waals surface area (Å²) < 4.78 is 9.50. The molecule has 0 spiro atoms. The second-order valence-electron chi connectivity index (χ2n) is 2.61. The molecule has 0 aliphatic heterocycles. The average molecular weight is 219 g/mol. The molecule has 0 saturated carbocycles. The van der Waals surface area contributed by atoms with Crippen molar-refractivity contribution < 1.29 is 14.3 Å². The molecule has 0 amide bonds. The summed E-state index contributed by atoms with van der Waals surface area (Å²) in [7, 11) is 0. The minimum absolute atomic E-state index is 0.319. The van der Waals surface area contributed by atoms with Gasteiger partial charge in [-0.1, -0.05) is 18.7 Å². The van der Waals surface area contributed by atoms with E-state index >= 15 is 0 Å². The Balaban J connectivity index is 4.05. The van der Waals surface area contributed by atoms with Crippen molar-refractivity contribution in [2.75, 3.05) is 6.61 Å². The molecule has 4 heteroatoms. The van der Waals surface area contributed by atoms with E-state index in [1.165, 1.54) is 6.26 Å². The molecule has 0 aliphatic rings. The summed E-state index contributed by atoms with van der Waals surface area (Å²) in [6.45, 7) is 7.23. The van der Waals surface area contributed by atoms with Crippen molar-refractivity contribution in [3.05, 3.63) is 49.5 Å². The first-order valence-electron chi connectivity index (χ1n) is 4.54. The Kier molecular flexibility index (Phi) is 7.96. The number of esters is 1. The highest BCUT2D eigenvalue weighted by molar-refractivity contribution is 5.82. The van der Waals surface area contributed by atoms with Crippen molar-refractivity contribution in [2.45, 2.75) is 6.42 Å². The van der Waals surface area contributed by atoms with Crippen LogP contribution < -0.4 is 0 Å². The van der Waals surface area contributed by atoms with Crippen molar-refractivity contribution >= 4 is 5.97 Å². The van der Waals surface area contributed by atoms with Gasteiger partial charge in [0.1, 0.15) is 12.9 Å². The molecule has 0 saturated heterocycles. The van der Waals surface area contributed by atoms with E-state index in [1.54, 1.807) is 12.2 Å². The summed E-state index contributed by atoms with van der Waals surface area (Å²) in [5, 5.41) is 8.60. The SMILES string of the molecule is C=CCOC=CC(=O)OC=C(C#N)CC=C. The largest absolute Gasteiger partial charge is 0.497 e. The van der Waals surface area contributed by atoms with E-state index in [2.05, 4.69) is 17.9 Å². The third-order valence-electron chi connectivity index (χ3n) is 1.34. The Morgan fingerprint density at radius 1 is 1.38 bits per heavy atom. The van der Waals surface area contributed by atoms with Gasteiger partial charge in [0.15, 0.2) is 0 Å². The maximum absolute atomic E-state index is 11.0. The van der Waals surface area contributed by atoms with Crippen LogP contribution in [0.15, 0.2) is 49.5 Å². The van der Waals surface area contributed by atoms with Crippen LogP contribution in [0.5, 0.6) is 0 Å². The maximum Gasteiger partial charge on any atom is 0.338 e. The van der Waals surface area contributed by atoms with E-state index < -0.39 is 5.97 Å². The van der Waals surface area contributed by atoms with E-state index in [-0.39, 0.29) is 0 Å². The summed E-state index contributed by atoms with van der Waals surface area (Å²) in [6, 6.07) is 1.88. The van der Waals surface area contributed by atoms with Crippen molar-refractivity contribution in [1.29, 1.82) is 5.26 Å². The minimum atomic E-state index is -0.610. The molecule has 0 N–H and O–H groups in total. The van der Waals surface area contributed by atoms with Gasteiger partial charge in [0.25, 0.3) is 0 Å². The maximum atomic E-state index is 11.0. The van der Waals surface area contributed by atoms with Gasteiger partial charge in [0.05, 0.1) is 24.0 Å². The zero-order valence-electron chi connectivity index (χ0n) is 8.89. The minimum Gasteiger partial charge on any atom is -0.497 e. The van der Waals surface area contributed by atoms with Crippen LogP contribution in [0.4, 0.5) is 0 Å². The van der Waals surface area contributed by atoms with E-state index in [9.17, 15) is 4.79 Å². The van der Waals surface area contributed by atoms with Gasteiger partial charge in [-0.2, -0.15) is 5.26 Å². The van der Waals surface area contributed by atoms with Gasteiger partial charge in [-0.3, -0.25) is 0 Å². The molecular formula is C12H13NO3. The van der Waals surface area contributed by atoms with Gasteiger partial charge in [0.2, 0.25) is 0 Å². The third-order valence-corrected chi connectivity index (χ3v) is 1.34. The predicted molar refractivity (Wildman–Crippen MR) is 59.9 cm³/mol. The Hall–Kier alpha value is -2.28. The Labute approximate surface area is 94.8 Å². The Morgan fingerprint density at radius 2 is 2.12 bits per heavy atom. The van der Waals surface area contributed by atoms with Crippen LogP contribution >= 0.6 is 0 Å². The molecule has 0 bridgehead atoms. The molecule has 0 heterocycles. The lowest BCUT2D eigenvalue weighted by atomic mass is 10.2. The zero-order chi connectivity index (χ0) is 12.2. The zero-order valence-corrected chi connectivity index (χ0v) is 8.89.